The van der Waals surface area contributed by atoms with Gasteiger partial charge in [-0.05, 0) is 72.3 Å². The van der Waals surface area contributed by atoms with Gasteiger partial charge in [-0.3, -0.25) is 13.9 Å². The molecular formula is C25H33N3O5S3. The van der Waals surface area contributed by atoms with Gasteiger partial charge in [-0.25, -0.2) is 4.79 Å². The second-order valence-corrected chi connectivity index (χ2v) is 13.8. The lowest BCUT2D eigenvalue weighted by molar-refractivity contribution is -0.154. The fourth-order valence-corrected chi connectivity index (χ4v) is 7.05. The first-order chi connectivity index (χ1) is 16.7. The predicted octanol–water partition coefficient (Wildman–Crippen LogP) is 4.49. The molecule has 0 atom stereocenters. The summed E-state index contributed by atoms with van der Waals surface area (Å²) in [6, 6.07) is 6.46. The van der Waals surface area contributed by atoms with E-state index in [0.717, 1.165) is 26.8 Å². The number of hydrogen-bond acceptors (Lipinski definition) is 7. The molecule has 0 saturated carbocycles. The number of thioether (sulfide) groups is 1. The highest BCUT2D eigenvalue weighted by Crippen LogP contribution is 2.33. The second-order valence-electron chi connectivity index (χ2n) is 9.65. The van der Waals surface area contributed by atoms with Gasteiger partial charge in [0, 0.05) is 24.0 Å². The highest BCUT2D eigenvalue weighted by molar-refractivity contribution is 8.01. The van der Waals surface area contributed by atoms with Gasteiger partial charge in [-0.15, -0.1) is 27.5 Å². The van der Waals surface area contributed by atoms with Gasteiger partial charge in [0.1, 0.15) is 11.3 Å². The topological polar surface area (TPSA) is 99.7 Å². The van der Waals surface area contributed by atoms with Crippen LogP contribution in [-0.4, -0.2) is 34.9 Å². The molecule has 0 radical (unpaired) electrons. The number of esters is 1. The predicted molar refractivity (Wildman–Crippen MR) is 144 cm³/mol. The minimum atomic E-state index is -4.03. The summed E-state index contributed by atoms with van der Waals surface area (Å²) in [6.45, 7) is 11.2. The van der Waals surface area contributed by atoms with Gasteiger partial charge in [-0.2, -0.15) is 8.42 Å². The van der Waals surface area contributed by atoms with Crippen molar-refractivity contribution in [2.24, 2.45) is 11.4 Å². The lowest BCUT2D eigenvalue weighted by Crippen LogP contribution is -2.25. The molecule has 0 unspecified atom stereocenters. The molecule has 2 heterocycles. The molecule has 0 N–H and O–H groups in total. The van der Waals surface area contributed by atoms with Crippen LogP contribution in [0.4, 0.5) is 0 Å². The zero-order chi connectivity index (χ0) is 26.8. The first-order valence-electron chi connectivity index (χ1n) is 11.7. The van der Waals surface area contributed by atoms with Gasteiger partial charge < -0.3 is 4.74 Å². The normalized spacial score (nSPS) is 12.9. The second kappa shape index (κ2) is 10.9. The summed E-state index contributed by atoms with van der Waals surface area (Å²) in [5.41, 5.74) is 1.44. The Morgan fingerprint density at radius 3 is 2.36 bits per heavy atom. The molecule has 196 valence electrons. The number of unbranched alkanes of at least 4 members (excludes halogenated alkanes) is 1. The van der Waals surface area contributed by atoms with Gasteiger partial charge >= 0.3 is 11.7 Å². The van der Waals surface area contributed by atoms with Crippen LogP contribution in [-0.2, 0) is 26.6 Å². The van der Waals surface area contributed by atoms with Gasteiger partial charge in [0.05, 0.1) is 9.10 Å². The number of aromatic nitrogens is 2. The lowest BCUT2D eigenvalue weighted by Gasteiger charge is -2.19. The molecule has 0 aromatic heterocycles. The summed E-state index contributed by atoms with van der Waals surface area (Å²) in [4.78, 5) is 26.1. The molecule has 0 aliphatic carbocycles. The van der Waals surface area contributed by atoms with Gasteiger partial charge in [0.15, 0.2) is 5.49 Å². The summed E-state index contributed by atoms with van der Waals surface area (Å²) in [6.07, 6.45) is 1.78. The molecule has 2 aliphatic heterocycles. The summed E-state index contributed by atoms with van der Waals surface area (Å²) < 4.78 is 39.3. The number of sulfonamides is 1. The van der Waals surface area contributed by atoms with Crippen molar-refractivity contribution < 1.29 is 17.9 Å². The largest absolute Gasteiger partial charge is 0.460 e. The van der Waals surface area contributed by atoms with E-state index in [4.69, 9.17) is 4.74 Å². The Labute approximate surface area is 220 Å². The Morgan fingerprint density at radius 1 is 1.11 bits per heavy atom. The smallest absolute Gasteiger partial charge is 0.334 e. The van der Waals surface area contributed by atoms with Crippen molar-refractivity contribution in [1.29, 1.82) is 0 Å². The average Bonchev–Trinajstić information content (AvgIpc) is 3.01. The molecule has 8 nitrogen and oxygen atoms in total. The van der Waals surface area contributed by atoms with Crippen molar-refractivity contribution in [1.82, 2.24) is 9.13 Å². The number of carbonyl (C=O) groups is 1. The zero-order valence-corrected chi connectivity index (χ0v) is 24.2. The van der Waals surface area contributed by atoms with Crippen LogP contribution in [0.1, 0.15) is 56.2 Å². The molecule has 0 bridgehead atoms. The van der Waals surface area contributed by atoms with Crippen molar-refractivity contribution >= 4 is 39.1 Å². The third-order valence-corrected chi connectivity index (χ3v) is 9.28. The van der Waals surface area contributed by atoms with Crippen LogP contribution in [0.3, 0.4) is 0 Å². The van der Waals surface area contributed by atoms with Crippen LogP contribution < -0.4 is 11.2 Å². The number of nitrogens with zero attached hydrogens (tertiary/aromatic N) is 3. The molecule has 2 aliphatic rings. The number of aryl methyl sites for hydroxylation is 2. The number of rotatable bonds is 8. The minimum absolute atomic E-state index is 0.0729. The number of benzene rings is 1. The number of ether oxygens (including phenoxy) is 1. The lowest BCUT2D eigenvalue weighted by atomic mass is 10.2. The van der Waals surface area contributed by atoms with E-state index in [1.807, 2.05) is 41.5 Å². The van der Waals surface area contributed by atoms with E-state index in [0.29, 0.717) is 24.3 Å². The van der Waals surface area contributed by atoms with E-state index in [9.17, 15) is 18.0 Å². The molecule has 0 spiro atoms. The van der Waals surface area contributed by atoms with Gasteiger partial charge in [0.2, 0.25) is 0 Å². The minimum Gasteiger partial charge on any atom is -0.460 e. The summed E-state index contributed by atoms with van der Waals surface area (Å²) in [7, 11) is -2.49. The Morgan fingerprint density at radius 2 is 1.75 bits per heavy atom. The SMILES string of the molecule is Cc1ccc(S(=O)(=O)N=c2c3c(SCCCCC(=O)OC(C)(C)C)sc(C)c(C)n-3c(=O)n2C)cc1. The van der Waals surface area contributed by atoms with Crippen LogP contribution in [0.15, 0.2) is 42.6 Å². The van der Waals surface area contributed by atoms with E-state index < -0.39 is 15.6 Å². The zero-order valence-electron chi connectivity index (χ0n) is 21.7. The molecule has 1 aromatic carbocycles. The molecule has 11 heteroatoms. The van der Waals surface area contributed by atoms with E-state index in [1.165, 1.54) is 46.8 Å². The van der Waals surface area contributed by atoms with Gasteiger partial charge in [0.25, 0.3) is 10.0 Å². The molecule has 1 aromatic rings. The molecular weight excluding hydrogens is 518 g/mol. The maximum atomic E-state index is 13.1. The van der Waals surface area contributed by atoms with Crippen LogP contribution in [0, 0.1) is 20.8 Å². The Hall–Kier alpha value is -2.37. The van der Waals surface area contributed by atoms with Crippen molar-refractivity contribution in [2.75, 3.05) is 5.75 Å². The van der Waals surface area contributed by atoms with E-state index in [1.54, 1.807) is 16.7 Å². The van der Waals surface area contributed by atoms with E-state index >= 15 is 0 Å². The maximum absolute atomic E-state index is 13.1. The van der Waals surface area contributed by atoms with Crippen LogP contribution in [0.25, 0.3) is 5.69 Å². The Bertz CT molecular complexity index is 1460. The molecule has 0 saturated heterocycles. The quantitative estimate of drug-likeness (QED) is 0.232. The fourth-order valence-electron chi connectivity index (χ4n) is 3.52. The van der Waals surface area contributed by atoms with Crippen molar-refractivity contribution in [3.05, 3.63) is 56.4 Å². The summed E-state index contributed by atoms with van der Waals surface area (Å²) in [5, 5.41) is 0. The Kier molecular flexibility index (Phi) is 8.57. The van der Waals surface area contributed by atoms with Crippen molar-refractivity contribution in [3.8, 4) is 5.69 Å². The van der Waals surface area contributed by atoms with Crippen molar-refractivity contribution in [3.63, 3.8) is 0 Å². The van der Waals surface area contributed by atoms with Crippen LogP contribution in [0.5, 0.6) is 0 Å². The number of carbonyl (C=O) groups excluding carboxylic acids is 1. The van der Waals surface area contributed by atoms with Crippen LogP contribution in [0.2, 0.25) is 0 Å². The molecule has 0 fully saturated rings. The number of hydrogen-bond donors (Lipinski definition) is 0. The fraction of sp³-hybridized carbons (Fsp3) is 0.480. The van der Waals surface area contributed by atoms with E-state index in [2.05, 4.69) is 4.40 Å². The highest BCUT2D eigenvalue weighted by Gasteiger charge is 2.24. The van der Waals surface area contributed by atoms with Gasteiger partial charge in [-0.1, -0.05) is 17.7 Å². The Balaban J connectivity index is 1.94. The standard InChI is InChI=1S/C25H33N3O5S3/c1-16-11-13-19(14-12-16)36(31,32)26-22-21-23(34-15-9-8-10-20(29)33-25(4,5)6)35-18(3)17(2)28(21)24(30)27(22)7/h11-14H,8-10,15H2,1-7H3. The maximum Gasteiger partial charge on any atom is 0.334 e. The molecule has 36 heavy (non-hydrogen) atoms. The first kappa shape index (κ1) is 28.2. The first-order valence-corrected chi connectivity index (χ1v) is 14.9. The van der Waals surface area contributed by atoms with Crippen molar-refractivity contribution in [2.45, 2.75) is 75.5 Å². The average molecular weight is 552 g/mol. The molecule has 3 rings (SSSR count). The number of fused-ring (bicyclic) bond motifs is 1. The highest BCUT2D eigenvalue weighted by atomic mass is 32.2. The third-order valence-electron chi connectivity index (χ3n) is 5.47. The number of imidazole rings is 1. The summed E-state index contributed by atoms with van der Waals surface area (Å²) >= 11 is 3.05. The van der Waals surface area contributed by atoms with Crippen LogP contribution >= 0.6 is 23.1 Å². The third kappa shape index (κ3) is 6.49. The van der Waals surface area contributed by atoms with E-state index in [-0.39, 0.29) is 22.0 Å². The monoisotopic (exact) mass is 551 g/mol. The molecule has 0 amide bonds. The summed E-state index contributed by atoms with van der Waals surface area (Å²) in [5.74, 6) is 0.478.